The first-order valence-electron chi connectivity index (χ1n) is 7.49. The topological polar surface area (TPSA) is 80.2 Å². The van der Waals surface area contributed by atoms with Crippen molar-refractivity contribution in [2.45, 2.75) is 13.8 Å². The summed E-state index contributed by atoms with van der Waals surface area (Å²) >= 11 is 3.22. The summed E-state index contributed by atoms with van der Waals surface area (Å²) in [6.07, 6.45) is 1.45. The predicted octanol–water partition coefficient (Wildman–Crippen LogP) is 3.31. The second-order valence-corrected chi connectivity index (χ2v) is 6.21. The van der Waals surface area contributed by atoms with E-state index in [2.05, 4.69) is 26.5 Å². The van der Waals surface area contributed by atoms with Crippen LogP contribution in [0.4, 0.5) is 0 Å². The molecule has 0 bridgehead atoms. The van der Waals surface area contributed by atoms with Crippen LogP contribution in [0.1, 0.15) is 16.7 Å². The molecule has 0 saturated heterocycles. The van der Waals surface area contributed by atoms with E-state index >= 15 is 0 Å². The van der Waals surface area contributed by atoms with Crippen molar-refractivity contribution >= 4 is 28.1 Å². The van der Waals surface area contributed by atoms with Gasteiger partial charge in [-0.15, -0.1) is 0 Å². The Morgan fingerprint density at radius 3 is 2.64 bits per heavy atom. The van der Waals surface area contributed by atoms with Crippen molar-refractivity contribution in [2.24, 2.45) is 5.10 Å². The summed E-state index contributed by atoms with van der Waals surface area (Å²) < 4.78 is 11.1. The Balaban J connectivity index is 1.94. The van der Waals surface area contributed by atoms with Crippen LogP contribution in [0.3, 0.4) is 0 Å². The highest BCUT2D eigenvalue weighted by Gasteiger charge is 2.08. The fourth-order valence-electron chi connectivity index (χ4n) is 2.20. The van der Waals surface area contributed by atoms with Crippen LogP contribution < -0.4 is 14.9 Å². The number of carbonyl (C=O) groups excluding carboxylic acids is 1. The molecular formula is C18H19BrN2O4. The monoisotopic (exact) mass is 406 g/mol. The van der Waals surface area contributed by atoms with Gasteiger partial charge in [0.2, 0.25) is 0 Å². The number of phenols is 1. The van der Waals surface area contributed by atoms with Gasteiger partial charge in [-0.3, -0.25) is 4.79 Å². The number of hydrazone groups is 1. The summed E-state index contributed by atoms with van der Waals surface area (Å²) in [6, 6.07) is 9.04. The van der Waals surface area contributed by atoms with Crippen LogP contribution in [-0.2, 0) is 4.79 Å². The molecule has 1 amide bonds. The number of aromatic hydroxyl groups is 1. The van der Waals surface area contributed by atoms with Gasteiger partial charge in [0.15, 0.2) is 18.1 Å². The van der Waals surface area contributed by atoms with Crippen LogP contribution >= 0.6 is 15.9 Å². The molecule has 0 unspecified atom stereocenters. The van der Waals surface area contributed by atoms with Gasteiger partial charge >= 0.3 is 0 Å². The smallest absolute Gasteiger partial charge is 0.277 e. The van der Waals surface area contributed by atoms with Crippen LogP contribution in [0.15, 0.2) is 39.9 Å². The second kappa shape index (κ2) is 8.53. The number of rotatable bonds is 6. The molecule has 2 aromatic carbocycles. The molecule has 0 aliphatic rings. The number of carbonyl (C=O) groups is 1. The minimum atomic E-state index is -0.372. The quantitative estimate of drug-likeness (QED) is 0.569. The average molecular weight is 407 g/mol. The molecule has 6 nitrogen and oxygen atoms in total. The lowest BCUT2D eigenvalue weighted by molar-refractivity contribution is -0.123. The maximum Gasteiger partial charge on any atom is 0.277 e. The van der Waals surface area contributed by atoms with Gasteiger partial charge in [-0.1, -0.05) is 18.2 Å². The second-order valence-electron chi connectivity index (χ2n) is 5.36. The standard InChI is InChI=1S/C18H19BrN2O4/c1-11-5-4-6-12(2)18(11)25-10-16(22)21-20-9-13-7-14(19)17(23)15(8-13)24-3/h4-9,23H,10H2,1-3H3,(H,21,22). The fraction of sp³-hybridized carbons (Fsp3) is 0.222. The van der Waals surface area contributed by atoms with Gasteiger partial charge in [-0.25, -0.2) is 5.43 Å². The van der Waals surface area contributed by atoms with Crippen molar-refractivity contribution in [1.29, 1.82) is 0 Å². The molecule has 0 aromatic heterocycles. The molecular weight excluding hydrogens is 388 g/mol. The molecule has 0 aliphatic heterocycles. The van der Waals surface area contributed by atoms with Crippen LogP contribution in [0.25, 0.3) is 0 Å². The van der Waals surface area contributed by atoms with Gasteiger partial charge < -0.3 is 14.6 Å². The third-order valence-corrected chi connectivity index (χ3v) is 4.03. The van der Waals surface area contributed by atoms with Crippen molar-refractivity contribution in [1.82, 2.24) is 5.43 Å². The SMILES string of the molecule is COc1cc(C=NNC(=O)COc2c(C)cccc2C)cc(Br)c1O. The number of para-hydroxylation sites is 1. The van der Waals surface area contributed by atoms with Gasteiger partial charge in [-0.2, -0.15) is 5.10 Å². The number of amides is 1. The number of aryl methyl sites for hydroxylation is 2. The van der Waals surface area contributed by atoms with Crippen molar-refractivity contribution in [3.63, 3.8) is 0 Å². The zero-order valence-electron chi connectivity index (χ0n) is 14.2. The summed E-state index contributed by atoms with van der Waals surface area (Å²) in [4.78, 5) is 11.8. The minimum absolute atomic E-state index is 0.00527. The number of benzene rings is 2. The zero-order chi connectivity index (χ0) is 18.4. The molecule has 0 atom stereocenters. The number of methoxy groups -OCH3 is 1. The summed E-state index contributed by atoms with van der Waals surface area (Å²) in [5.41, 5.74) is 4.99. The van der Waals surface area contributed by atoms with E-state index in [-0.39, 0.29) is 18.3 Å². The molecule has 2 aromatic rings. The number of ether oxygens (including phenoxy) is 2. The maximum absolute atomic E-state index is 11.8. The highest BCUT2D eigenvalue weighted by Crippen LogP contribution is 2.34. The first-order chi connectivity index (χ1) is 11.9. The van der Waals surface area contributed by atoms with E-state index in [1.165, 1.54) is 13.3 Å². The number of nitrogens with one attached hydrogen (secondary N) is 1. The van der Waals surface area contributed by atoms with E-state index in [9.17, 15) is 9.90 Å². The normalized spacial score (nSPS) is 10.7. The summed E-state index contributed by atoms with van der Waals surface area (Å²) in [5.74, 6) is 0.642. The molecule has 2 rings (SSSR count). The predicted molar refractivity (Wildman–Crippen MR) is 99.5 cm³/mol. The molecule has 0 fully saturated rings. The largest absolute Gasteiger partial charge is 0.503 e. The molecule has 7 heteroatoms. The molecule has 0 heterocycles. The number of hydrogen-bond acceptors (Lipinski definition) is 5. The average Bonchev–Trinajstić information content (AvgIpc) is 2.57. The molecule has 2 N–H and O–H groups in total. The van der Waals surface area contributed by atoms with Crippen LogP contribution in [0, 0.1) is 13.8 Å². The molecule has 132 valence electrons. The zero-order valence-corrected chi connectivity index (χ0v) is 15.8. The Kier molecular flexibility index (Phi) is 6.41. The number of hydrogen-bond donors (Lipinski definition) is 2. The van der Waals surface area contributed by atoms with E-state index < -0.39 is 0 Å². The van der Waals surface area contributed by atoms with Gasteiger partial charge in [0.05, 0.1) is 17.8 Å². The Morgan fingerprint density at radius 1 is 1.32 bits per heavy atom. The van der Waals surface area contributed by atoms with Crippen molar-refractivity contribution < 1.29 is 19.4 Å². The third kappa shape index (κ3) is 4.96. The molecule has 0 saturated carbocycles. The van der Waals surface area contributed by atoms with Gasteiger partial charge in [0, 0.05) is 0 Å². The Bertz CT molecular complexity index is 786. The first kappa shape index (κ1) is 18.8. The molecule has 25 heavy (non-hydrogen) atoms. The number of halogens is 1. The highest BCUT2D eigenvalue weighted by molar-refractivity contribution is 9.10. The van der Waals surface area contributed by atoms with Crippen LogP contribution in [-0.4, -0.2) is 30.9 Å². The van der Waals surface area contributed by atoms with Gasteiger partial charge in [0.25, 0.3) is 5.91 Å². The highest BCUT2D eigenvalue weighted by atomic mass is 79.9. The number of nitrogens with zero attached hydrogens (tertiary/aromatic N) is 1. The third-order valence-electron chi connectivity index (χ3n) is 3.43. The van der Waals surface area contributed by atoms with E-state index in [0.717, 1.165) is 11.1 Å². The molecule has 0 aliphatic carbocycles. The van der Waals surface area contributed by atoms with E-state index in [1.807, 2.05) is 32.0 Å². The van der Waals surface area contributed by atoms with E-state index in [1.54, 1.807) is 12.1 Å². The summed E-state index contributed by atoms with van der Waals surface area (Å²) in [7, 11) is 1.45. The van der Waals surface area contributed by atoms with Crippen molar-refractivity contribution in [3.05, 3.63) is 51.5 Å². The first-order valence-corrected chi connectivity index (χ1v) is 8.29. The van der Waals surface area contributed by atoms with Gasteiger partial charge in [0.1, 0.15) is 5.75 Å². The lowest BCUT2D eigenvalue weighted by Gasteiger charge is -2.10. The van der Waals surface area contributed by atoms with E-state index in [4.69, 9.17) is 9.47 Å². The summed E-state index contributed by atoms with van der Waals surface area (Å²) in [5, 5.41) is 13.6. The molecule has 0 radical (unpaired) electrons. The van der Waals surface area contributed by atoms with Crippen LogP contribution in [0.2, 0.25) is 0 Å². The lowest BCUT2D eigenvalue weighted by Crippen LogP contribution is -2.25. The van der Waals surface area contributed by atoms with Crippen molar-refractivity contribution in [2.75, 3.05) is 13.7 Å². The Labute approximate surface area is 154 Å². The number of phenolic OH excluding ortho intramolecular Hbond substituents is 1. The van der Waals surface area contributed by atoms with Crippen LogP contribution in [0.5, 0.6) is 17.2 Å². The maximum atomic E-state index is 11.8. The Morgan fingerprint density at radius 2 is 2.00 bits per heavy atom. The molecule has 0 spiro atoms. The van der Waals surface area contributed by atoms with E-state index in [0.29, 0.717) is 21.5 Å². The lowest BCUT2D eigenvalue weighted by atomic mass is 10.1. The van der Waals surface area contributed by atoms with Gasteiger partial charge in [-0.05, 0) is 58.6 Å². The Hall–Kier alpha value is -2.54. The fourth-order valence-corrected chi connectivity index (χ4v) is 2.66. The van der Waals surface area contributed by atoms with Crippen molar-refractivity contribution in [3.8, 4) is 17.2 Å². The summed E-state index contributed by atoms with van der Waals surface area (Å²) in [6.45, 7) is 3.72. The minimum Gasteiger partial charge on any atom is -0.503 e.